The average Bonchev–Trinajstić information content (AvgIpc) is 2.89. The van der Waals surface area contributed by atoms with Crippen molar-refractivity contribution in [1.82, 2.24) is 19.6 Å². The maximum atomic E-state index is 13.7. The van der Waals surface area contributed by atoms with Gasteiger partial charge in [-0.1, -0.05) is 18.2 Å². The molecule has 1 aliphatic rings. The molecule has 2 aromatic rings. The Bertz CT molecular complexity index is 704. The van der Waals surface area contributed by atoms with Crippen LogP contribution in [-0.2, 0) is 13.6 Å². The molecule has 1 fully saturated rings. The monoisotopic (exact) mass is 316 g/mol. The molecule has 0 N–H and O–H groups in total. The summed E-state index contributed by atoms with van der Waals surface area (Å²) in [6.07, 6.45) is 1.63. The summed E-state index contributed by atoms with van der Waals surface area (Å²) in [4.78, 5) is 16.6. The number of nitrogens with zero attached hydrogens (tertiary/aromatic N) is 4. The van der Waals surface area contributed by atoms with Crippen molar-refractivity contribution >= 4 is 5.91 Å². The number of amides is 1. The first kappa shape index (κ1) is 15.7. The van der Waals surface area contributed by atoms with Gasteiger partial charge in [-0.25, -0.2) is 4.39 Å². The molecule has 0 spiro atoms. The summed E-state index contributed by atoms with van der Waals surface area (Å²) < 4.78 is 15.4. The molecule has 1 aromatic heterocycles. The molecule has 1 saturated heterocycles. The van der Waals surface area contributed by atoms with E-state index in [9.17, 15) is 9.18 Å². The first-order valence-electron chi connectivity index (χ1n) is 7.80. The summed E-state index contributed by atoms with van der Waals surface area (Å²) in [6, 6.07) is 6.85. The first-order valence-corrected chi connectivity index (χ1v) is 7.80. The standard InChI is InChI=1S/C17H21FN4O/c1-13-15(11-19-20(13)2)17(23)22-9-7-21(8-10-22)12-14-5-3-4-6-16(14)18/h3-6,11H,7-10,12H2,1-2H3. The molecule has 23 heavy (non-hydrogen) atoms. The van der Waals surface area contributed by atoms with Gasteiger partial charge in [-0.3, -0.25) is 14.4 Å². The maximum absolute atomic E-state index is 13.7. The zero-order chi connectivity index (χ0) is 16.4. The molecule has 1 aromatic carbocycles. The molecule has 1 aliphatic heterocycles. The molecule has 0 unspecified atom stereocenters. The summed E-state index contributed by atoms with van der Waals surface area (Å²) in [5.41, 5.74) is 2.24. The van der Waals surface area contributed by atoms with E-state index in [1.54, 1.807) is 16.9 Å². The SMILES string of the molecule is Cc1c(C(=O)N2CCN(Cc3ccccc3F)CC2)cnn1C. The lowest BCUT2D eigenvalue weighted by Crippen LogP contribution is -2.48. The van der Waals surface area contributed by atoms with E-state index in [1.165, 1.54) is 6.07 Å². The smallest absolute Gasteiger partial charge is 0.257 e. The van der Waals surface area contributed by atoms with Gasteiger partial charge in [0.2, 0.25) is 0 Å². The molecule has 0 saturated carbocycles. The van der Waals surface area contributed by atoms with Gasteiger partial charge >= 0.3 is 0 Å². The Hall–Kier alpha value is -2.21. The number of halogens is 1. The number of rotatable bonds is 3. The highest BCUT2D eigenvalue weighted by Gasteiger charge is 2.24. The van der Waals surface area contributed by atoms with Crippen molar-refractivity contribution in [2.45, 2.75) is 13.5 Å². The fraction of sp³-hybridized carbons (Fsp3) is 0.412. The number of carbonyl (C=O) groups is 1. The van der Waals surface area contributed by atoms with Gasteiger partial charge in [-0.15, -0.1) is 0 Å². The molecule has 6 heteroatoms. The van der Waals surface area contributed by atoms with Gasteiger partial charge in [0.15, 0.2) is 0 Å². The number of benzene rings is 1. The molecule has 0 radical (unpaired) electrons. The van der Waals surface area contributed by atoms with Crippen LogP contribution in [0.25, 0.3) is 0 Å². The summed E-state index contributed by atoms with van der Waals surface area (Å²) in [6.45, 7) is 5.29. The first-order chi connectivity index (χ1) is 11.1. The number of aromatic nitrogens is 2. The number of piperazine rings is 1. The van der Waals surface area contributed by atoms with Crippen molar-refractivity contribution in [3.8, 4) is 0 Å². The highest BCUT2D eigenvalue weighted by Crippen LogP contribution is 2.15. The van der Waals surface area contributed by atoms with Crippen molar-refractivity contribution in [1.29, 1.82) is 0 Å². The molecule has 0 bridgehead atoms. The van der Waals surface area contributed by atoms with Crippen LogP contribution in [0.5, 0.6) is 0 Å². The minimum absolute atomic E-state index is 0.0288. The summed E-state index contributed by atoms with van der Waals surface area (Å²) in [5.74, 6) is -0.141. The molecule has 1 amide bonds. The van der Waals surface area contributed by atoms with Crippen LogP contribution in [0, 0.1) is 12.7 Å². The van der Waals surface area contributed by atoms with E-state index in [4.69, 9.17) is 0 Å². The fourth-order valence-electron chi connectivity index (χ4n) is 2.86. The van der Waals surface area contributed by atoms with Crippen LogP contribution in [0.15, 0.2) is 30.5 Å². The predicted octanol–water partition coefficient (Wildman–Crippen LogP) is 1.83. The van der Waals surface area contributed by atoms with E-state index in [-0.39, 0.29) is 11.7 Å². The number of carbonyl (C=O) groups excluding carboxylic acids is 1. The van der Waals surface area contributed by atoms with Crippen molar-refractivity contribution < 1.29 is 9.18 Å². The third-order valence-corrected chi connectivity index (χ3v) is 4.48. The summed E-state index contributed by atoms with van der Waals surface area (Å²) in [5, 5.41) is 4.13. The van der Waals surface area contributed by atoms with Gasteiger partial charge in [0.25, 0.3) is 5.91 Å². The van der Waals surface area contributed by atoms with Crippen LogP contribution < -0.4 is 0 Å². The Kier molecular flexibility index (Phi) is 4.43. The van der Waals surface area contributed by atoms with Crippen molar-refractivity contribution in [3.63, 3.8) is 0 Å². The van der Waals surface area contributed by atoms with Crippen molar-refractivity contribution in [2.24, 2.45) is 7.05 Å². The second-order valence-electron chi connectivity index (χ2n) is 5.93. The molecular formula is C17H21FN4O. The Labute approximate surface area is 135 Å². The molecule has 122 valence electrons. The third-order valence-electron chi connectivity index (χ3n) is 4.48. The minimum Gasteiger partial charge on any atom is -0.336 e. The quantitative estimate of drug-likeness (QED) is 0.867. The lowest BCUT2D eigenvalue weighted by molar-refractivity contribution is 0.0626. The van der Waals surface area contributed by atoms with Crippen LogP contribution in [-0.4, -0.2) is 51.7 Å². The third kappa shape index (κ3) is 3.27. The maximum Gasteiger partial charge on any atom is 0.257 e. The van der Waals surface area contributed by atoms with Gasteiger partial charge in [0.05, 0.1) is 11.8 Å². The number of hydrogen-bond acceptors (Lipinski definition) is 3. The molecule has 3 rings (SSSR count). The van der Waals surface area contributed by atoms with Crippen LogP contribution in [0.2, 0.25) is 0 Å². The highest BCUT2D eigenvalue weighted by atomic mass is 19.1. The van der Waals surface area contributed by atoms with E-state index >= 15 is 0 Å². The average molecular weight is 316 g/mol. The summed E-state index contributed by atoms with van der Waals surface area (Å²) >= 11 is 0. The normalized spacial score (nSPS) is 15.9. The predicted molar refractivity (Wildman–Crippen MR) is 85.5 cm³/mol. The van der Waals surface area contributed by atoms with Crippen molar-refractivity contribution in [3.05, 3.63) is 53.1 Å². The lowest BCUT2D eigenvalue weighted by Gasteiger charge is -2.34. The van der Waals surface area contributed by atoms with Crippen LogP contribution >= 0.6 is 0 Å². The van der Waals surface area contributed by atoms with Gasteiger partial charge in [-0.2, -0.15) is 5.10 Å². The van der Waals surface area contributed by atoms with Gasteiger partial charge in [-0.05, 0) is 13.0 Å². The second-order valence-corrected chi connectivity index (χ2v) is 5.93. The zero-order valence-corrected chi connectivity index (χ0v) is 13.5. The van der Waals surface area contributed by atoms with Gasteiger partial charge < -0.3 is 4.90 Å². The van der Waals surface area contributed by atoms with E-state index in [0.717, 1.165) is 18.8 Å². The lowest BCUT2D eigenvalue weighted by atomic mass is 10.1. The molecule has 0 atom stereocenters. The van der Waals surface area contributed by atoms with Gasteiger partial charge in [0, 0.05) is 51.0 Å². The van der Waals surface area contributed by atoms with Crippen molar-refractivity contribution in [2.75, 3.05) is 26.2 Å². The Morgan fingerprint density at radius 3 is 2.52 bits per heavy atom. The van der Waals surface area contributed by atoms with E-state index < -0.39 is 0 Å². The minimum atomic E-state index is -0.169. The van der Waals surface area contributed by atoms with Crippen LogP contribution in [0.3, 0.4) is 0 Å². The summed E-state index contributed by atoms with van der Waals surface area (Å²) in [7, 11) is 1.83. The molecular weight excluding hydrogens is 295 g/mol. The van der Waals surface area contributed by atoms with Crippen LogP contribution in [0.4, 0.5) is 4.39 Å². The number of hydrogen-bond donors (Lipinski definition) is 0. The molecule has 5 nitrogen and oxygen atoms in total. The Morgan fingerprint density at radius 2 is 1.91 bits per heavy atom. The molecule has 0 aliphatic carbocycles. The van der Waals surface area contributed by atoms with E-state index in [1.807, 2.05) is 31.0 Å². The van der Waals surface area contributed by atoms with Gasteiger partial charge in [0.1, 0.15) is 5.82 Å². The Morgan fingerprint density at radius 1 is 1.22 bits per heavy atom. The fourth-order valence-corrected chi connectivity index (χ4v) is 2.86. The largest absolute Gasteiger partial charge is 0.336 e. The van der Waals surface area contributed by atoms with E-state index in [0.29, 0.717) is 30.8 Å². The zero-order valence-electron chi connectivity index (χ0n) is 13.5. The second kappa shape index (κ2) is 6.50. The highest BCUT2D eigenvalue weighted by molar-refractivity contribution is 5.95. The Balaban J connectivity index is 1.59. The molecule has 2 heterocycles. The number of aryl methyl sites for hydroxylation is 1. The van der Waals surface area contributed by atoms with E-state index in [2.05, 4.69) is 10.00 Å². The van der Waals surface area contributed by atoms with Crippen LogP contribution in [0.1, 0.15) is 21.6 Å². The topological polar surface area (TPSA) is 41.4 Å².